The number of benzene rings is 2. The average Bonchev–Trinajstić information content (AvgIpc) is 2.63. The van der Waals surface area contributed by atoms with E-state index in [2.05, 4.69) is 0 Å². The Labute approximate surface area is 146 Å². The molecule has 2 aromatic carbocycles. The highest BCUT2D eigenvalue weighted by Crippen LogP contribution is 2.18. The predicted octanol–water partition coefficient (Wildman–Crippen LogP) is 4.56. The molecule has 0 unspecified atom stereocenters. The Morgan fingerprint density at radius 3 is 1.96 bits per heavy atom. The summed E-state index contributed by atoms with van der Waals surface area (Å²) in [6.45, 7) is 1.48. The lowest BCUT2D eigenvalue weighted by molar-refractivity contribution is 0.103. The van der Waals surface area contributed by atoms with E-state index in [1.165, 1.54) is 0 Å². The molecule has 4 nitrogen and oxygen atoms in total. The minimum absolute atomic E-state index is 0.0967. The third-order valence-electron chi connectivity index (χ3n) is 4.04. The Morgan fingerprint density at radius 1 is 0.833 bits per heavy atom. The van der Waals surface area contributed by atoms with Crippen molar-refractivity contribution >= 4 is 23.5 Å². The van der Waals surface area contributed by atoms with Crippen LogP contribution in [0.4, 0.5) is 4.79 Å². The summed E-state index contributed by atoms with van der Waals surface area (Å²) in [7, 11) is 0. The standard InChI is InChI=1S/C19H18ClNO3/c20-16-8-4-14(5-9-16)18(22)15-6-10-17(11-7-15)24-19(23)21-12-2-1-3-13-21/h4-11H,1-3,12-13H2. The minimum Gasteiger partial charge on any atom is -0.410 e. The number of piperidine rings is 1. The Hall–Kier alpha value is -2.33. The van der Waals surface area contributed by atoms with Gasteiger partial charge in [0.05, 0.1) is 0 Å². The van der Waals surface area contributed by atoms with E-state index in [9.17, 15) is 9.59 Å². The third-order valence-corrected chi connectivity index (χ3v) is 4.29. The fourth-order valence-corrected chi connectivity index (χ4v) is 2.81. The van der Waals surface area contributed by atoms with Crippen LogP contribution in [0.25, 0.3) is 0 Å². The molecule has 2 aromatic rings. The molecule has 3 rings (SSSR count). The lowest BCUT2D eigenvalue weighted by Crippen LogP contribution is -2.37. The molecule has 0 atom stereocenters. The van der Waals surface area contributed by atoms with Gasteiger partial charge in [0.15, 0.2) is 5.78 Å². The quantitative estimate of drug-likeness (QED) is 0.768. The fraction of sp³-hybridized carbons (Fsp3) is 0.263. The first-order valence-corrected chi connectivity index (χ1v) is 8.38. The number of halogens is 1. The summed E-state index contributed by atoms with van der Waals surface area (Å²) in [4.78, 5) is 26.2. The molecule has 0 saturated carbocycles. The van der Waals surface area contributed by atoms with E-state index in [1.54, 1.807) is 53.4 Å². The van der Waals surface area contributed by atoms with Crippen molar-refractivity contribution in [2.75, 3.05) is 13.1 Å². The predicted molar refractivity (Wildman–Crippen MR) is 92.8 cm³/mol. The zero-order valence-corrected chi connectivity index (χ0v) is 14.0. The molecular formula is C19H18ClNO3. The van der Waals surface area contributed by atoms with Crippen LogP contribution in [0.15, 0.2) is 48.5 Å². The van der Waals surface area contributed by atoms with Gasteiger partial charge in [-0.15, -0.1) is 0 Å². The van der Waals surface area contributed by atoms with Crippen LogP contribution in [0, 0.1) is 0 Å². The van der Waals surface area contributed by atoms with Gasteiger partial charge in [-0.3, -0.25) is 4.79 Å². The number of nitrogens with zero attached hydrogens (tertiary/aromatic N) is 1. The van der Waals surface area contributed by atoms with Crippen molar-refractivity contribution in [3.8, 4) is 5.75 Å². The van der Waals surface area contributed by atoms with Crippen molar-refractivity contribution in [3.63, 3.8) is 0 Å². The Kier molecular flexibility index (Phi) is 5.16. The molecular weight excluding hydrogens is 326 g/mol. The molecule has 1 amide bonds. The van der Waals surface area contributed by atoms with Gasteiger partial charge >= 0.3 is 6.09 Å². The molecule has 0 aromatic heterocycles. The normalized spacial score (nSPS) is 14.3. The number of amides is 1. The average molecular weight is 344 g/mol. The van der Waals surface area contributed by atoms with Crippen molar-refractivity contribution in [2.24, 2.45) is 0 Å². The lowest BCUT2D eigenvalue weighted by Gasteiger charge is -2.25. The van der Waals surface area contributed by atoms with Crippen molar-refractivity contribution in [3.05, 3.63) is 64.7 Å². The second-order valence-electron chi connectivity index (χ2n) is 5.78. The van der Waals surface area contributed by atoms with Gasteiger partial charge in [-0.2, -0.15) is 0 Å². The molecule has 0 bridgehead atoms. The highest BCUT2D eigenvalue weighted by molar-refractivity contribution is 6.30. The second-order valence-corrected chi connectivity index (χ2v) is 6.21. The first-order chi connectivity index (χ1) is 11.6. The zero-order chi connectivity index (χ0) is 16.9. The number of carbonyl (C=O) groups excluding carboxylic acids is 2. The molecule has 1 heterocycles. The van der Waals surface area contributed by atoms with Gasteiger partial charge in [0.1, 0.15) is 5.75 Å². The zero-order valence-electron chi connectivity index (χ0n) is 13.2. The van der Waals surface area contributed by atoms with Gasteiger partial charge in [0.2, 0.25) is 0 Å². The van der Waals surface area contributed by atoms with Gasteiger partial charge in [-0.05, 0) is 67.8 Å². The molecule has 0 radical (unpaired) electrons. The van der Waals surface area contributed by atoms with Crippen LogP contribution in [0.5, 0.6) is 5.75 Å². The maximum atomic E-state index is 12.4. The van der Waals surface area contributed by atoms with Crippen molar-refractivity contribution in [2.45, 2.75) is 19.3 Å². The highest BCUT2D eigenvalue weighted by Gasteiger charge is 2.18. The van der Waals surface area contributed by atoms with Crippen LogP contribution in [0.3, 0.4) is 0 Å². The summed E-state index contributed by atoms with van der Waals surface area (Å²) in [6.07, 6.45) is 2.87. The smallest absolute Gasteiger partial charge is 0.410 e. The van der Waals surface area contributed by atoms with Gasteiger partial charge in [-0.1, -0.05) is 11.6 Å². The number of hydrogen-bond donors (Lipinski definition) is 0. The topological polar surface area (TPSA) is 46.6 Å². The molecule has 1 aliphatic heterocycles. The van der Waals surface area contributed by atoms with Crippen LogP contribution < -0.4 is 4.74 Å². The van der Waals surface area contributed by atoms with Gasteiger partial charge in [-0.25, -0.2) is 4.79 Å². The third kappa shape index (κ3) is 3.95. The van der Waals surface area contributed by atoms with E-state index in [0.29, 0.717) is 21.9 Å². The lowest BCUT2D eigenvalue weighted by atomic mass is 10.0. The van der Waals surface area contributed by atoms with Gasteiger partial charge in [0.25, 0.3) is 0 Å². The van der Waals surface area contributed by atoms with Crippen LogP contribution in [0.2, 0.25) is 5.02 Å². The number of carbonyl (C=O) groups is 2. The summed E-state index contributed by atoms with van der Waals surface area (Å²) in [5.74, 6) is 0.346. The molecule has 1 saturated heterocycles. The molecule has 1 aliphatic rings. The number of hydrogen-bond acceptors (Lipinski definition) is 3. The Balaban J connectivity index is 1.65. The van der Waals surface area contributed by atoms with Crippen molar-refractivity contribution in [1.29, 1.82) is 0 Å². The Morgan fingerprint density at radius 2 is 1.38 bits per heavy atom. The van der Waals surface area contributed by atoms with E-state index >= 15 is 0 Å². The maximum absolute atomic E-state index is 12.4. The van der Waals surface area contributed by atoms with Gasteiger partial charge < -0.3 is 9.64 Å². The molecule has 0 aliphatic carbocycles. The first-order valence-electron chi connectivity index (χ1n) is 8.00. The van der Waals surface area contributed by atoms with Crippen molar-refractivity contribution < 1.29 is 14.3 Å². The maximum Gasteiger partial charge on any atom is 0.415 e. The Bertz CT molecular complexity index is 719. The summed E-state index contributed by atoms with van der Waals surface area (Å²) >= 11 is 5.83. The monoisotopic (exact) mass is 343 g/mol. The number of likely N-dealkylation sites (tertiary alicyclic amines) is 1. The highest BCUT2D eigenvalue weighted by atomic mass is 35.5. The van der Waals surface area contributed by atoms with E-state index < -0.39 is 0 Å². The van der Waals surface area contributed by atoms with E-state index in [1.807, 2.05) is 0 Å². The van der Waals surface area contributed by atoms with Gasteiger partial charge in [0, 0.05) is 29.2 Å². The van der Waals surface area contributed by atoms with Crippen LogP contribution in [0.1, 0.15) is 35.2 Å². The SMILES string of the molecule is O=C(c1ccc(Cl)cc1)c1ccc(OC(=O)N2CCCCC2)cc1. The minimum atomic E-state index is -0.327. The molecule has 5 heteroatoms. The van der Waals surface area contributed by atoms with E-state index in [0.717, 1.165) is 32.4 Å². The van der Waals surface area contributed by atoms with Crippen LogP contribution in [-0.4, -0.2) is 29.9 Å². The number of ketones is 1. The van der Waals surface area contributed by atoms with Crippen LogP contribution in [-0.2, 0) is 0 Å². The number of ether oxygens (including phenoxy) is 1. The molecule has 1 fully saturated rings. The molecule has 0 N–H and O–H groups in total. The summed E-state index contributed by atoms with van der Waals surface area (Å²) < 4.78 is 5.37. The van der Waals surface area contributed by atoms with Crippen LogP contribution >= 0.6 is 11.6 Å². The van der Waals surface area contributed by atoms with Crippen molar-refractivity contribution in [1.82, 2.24) is 4.90 Å². The summed E-state index contributed by atoms with van der Waals surface area (Å²) in [5.41, 5.74) is 1.10. The molecule has 24 heavy (non-hydrogen) atoms. The molecule has 124 valence electrons. The first kappa shape index (κ1) is 16.5. The van der Waals surface area contributed by atoms with E-state index in [4.69, 9.17) is 16.3 Å². The molecule has 0 spiro atoms. The number of rotatable bonds is 3. The fourth-order valence-electron chi connectivity index (χ4n) is 2.68. The summed E-state index contributed by atoms with van der Waals surface area (Å²) in [5, 5.41) is 0.589. The largest absolute Gasteiger partial charge is 0.415 e. The summed E-state index contributed by atoms with van der Waals surface area (Å²) in [6, 6.07) is 13.4. The van der Waals surface area contributed by atoms with E-state index in [-0.39, 0.29) is 11.9 Å². The second kappa shape index (κ2) is 7.49.